The van der Waals surface area contributed by atoms with Crippen molar-refractivity contribution in [1.29, 1.82) is 0 Å². The van der Waals surface area contributed by atoms with Crippen molar-refractivity contribution in [3.8, 4) is 5.75 Å². The predicted octanol–water partition coefficient (Wildman–Crippen LogP) is 2.45. The third kappa shape index (κ3) is 2.52. The summed E-state index contributed by atoms with van der Waals surface area (Å²) >= 11 is 0. The number of nitro benzene ring substituents is 1. The molecule has 0 bridgehead atoms. The van der Waals surface area contributed by atoms with Crippen molar-refractivity contribution in [2.45, 2.75) is 26.2 Å². The molecule has 0 fully saturated rings. The molecule has 1 aliphatic rings. The Morgan fingerprint density at radius 1 is 1.42 bits per heavy atom. The molecule has 102 valence electrons. The third-order valence-corrected chi connectivity index (χ3v) is 3.13. The molecule has 0 saturated heterocycles. The number of rotatable bonds is 2. The summed E-state index contributed by atoms with van der Waals surface area (Å²) in [6.07, 6.45) is 1.60. The van der Waals surface area contributed by atoms with E-state index in [0.717, 1.165) is 5.56 Å². The van der Waals surface area contributed by atoms with Crippen LogP contribution in [0.4, 0.5) is 11.4 Å². The Hall–Kier alpha value is -2.11. The molecule has 2 rings (SSSR count). The Bertz CT molecular complexity index is 547. The van der Waals surface area contributed by atoms with Crippen LogP contribution in [0.15, 0.2) is 17.1 Å². The van der Waals surface area contributed by atoms with E-state index in [4.69, 9.17) is 0 Å². The van der Waals surface area contributed by atoms with E-state index in [0.29, 0.717) is 18.8 Å². The summed E-state index contributed by atoms with van der Waals surface area (Å²) in [6.45, 7) is 7.19. The second kappa shape index (κ2) is 4.53. The van der Waals surface area contributed by atoms with E-state index in [9.17, 15) is 15.2 Å². The Labute approximate surface area is 111 Å². The molecule has 0 aliphatic carbocycles. The molecule has 1 aromatic carbocycles. The molecule has 1 N–H and O–H groups in total. The summed E-state index contributed by atoms with van der Waals surface area (Å²) < 4.78 is 0. The molecule has 0 unspecified atom stereocenters. The highest BCUT2D eigenvalue weighted by Crippen LogP contribution is 2.40. The van der Waals surface area contributed by atoms with Crippen molar-refractivity contribution >= 4 is 17.7 Å². The lowest BCUT2D eigenvalue weighted by atomic mass is 9.86. The first kappa shape index (κ1) is 13.3. The smallest absolute Gasteiger partial charge is 0.313 e. The van der Waals surface area contributed by atoms with Crippen LogP contribution in [0.3, 0.4) is 0 Å². The summed E-state index contributed by atoms with van der Waals surface area (Å²) in [4.78, 5) is 16.3. The van der Waals surface area contributed by atoms with Gasteiger partial charge in [-0.25, -0.2) is 0 Å². The third-order valence-electron chi connectivity index (χ3n) is 3.13. The van der Waals surface area contributed by atoms with E-state index in [-0.39, 0.29) is 16.9 Å². The van der Waals surface area contributed by atoms with Crippen LogP contribution in [0.5, 0.6) is 5.75 Å². The van der Waals surface area contributed by atoms with Crippen LogP contribution in [-0.2, 0) is 5.41 Å². The van der Waals surface area contributed by atoms with Gasteiger partial charge in [-0.2, -0.15) is 0 Å². The van der Waals surface area contributed by atoms with Gasteiger partial charge in [0.1, 0.15) is 0 Å². The fourth-order valence-electron chi connectivity index (χ4n) is 1.96. The minimum absolute atomic E-state index is 0.232. The fourth-order valence-corrected chi connectivity index (χ4v) is 1.96. The lowest BCUT2D eigenvalue weighted by molar-refractivity contribution is -0.385. The van der Waals surface area contributed by atoms with Gasteiger partial charge in [-0.05, 0) is 17.0 Å². The minimum atomic E-state index is -0.554. The van der Waals surface area contributed by atoms with Crippen LogP contribution in [0, 0.1) is 10.1 Å². The van der Waals surface area contributed by atoms with E-state index >= 15 is 0 Å². The number of aromatic hydroxyl groups is 1. The molecule has 1 aliphatic heterocycles. The van der Waals surface area contributed by atoms with Crippen LogP contribution in [0.25, 0.3) is 0 Å². The number of hydrogen-bond donors (Lipinski definition) is 1. The second-order valence-electron chi connectivity index (χ2n) is 5.59. The van der Waals surface area contributed by atoms with Crippen LogP contribution in [-0.4, -0.2) is 29.5 Å². The van der Waals surface area contributed by atoms with Crippen LogP contribution < -0.4 is 4.90 Å². The molecule has 1 heterocycles. The molecular weight excluding hydrogens is 246 g/mol. The summed E-state index contributed by atoms with van der Waals surface area (Å²) in [5.74, 6) is -0.300. The number of nitro groups is 1. The van der Waals surface area contributed by atoms with Gasteiger partial charge in [0.15, 0.2) is 0 Å². The zero-order valence-corrected chi connectivity index (χ0v) is 11.3. The Balaban J connectivity index is 2.61. The second-order valence-corrected chi connectivity index (χ2v) is 5.59. The molecule has 0 saturated carbocycles. The average molecular weight is 263 g/mol. The van der Waals surface area contributed by atoms with Crippen molar-refractivity contribution in [2.75, 3.05) is 18.0 Å². The minimum Gasteiger partial charge on any atom is -0.501 e. The molecule has 0 atom stereocenters. The molecule has 0 amide bonds. The van der Waals surface area contributed by atoms with Crippen LogP contribution in [0.2, 0.25) is 0 Å². The van der Waals surface area contributed by atoms with Crippen molar-refractivity contribution in [2.24, 2.45) is 4.99 Å². The molecule has 19 heavy (non-hydrogen) atoms. The maximum atomic E-state index is 11.1. The average Bonchev–Trinajstić information content (AvgIpc) is 2.80. The molecule has 6 heteroatoms. The Kier molecular flexibility index (Phi) is 3.18. The van der Waals surface area contributed by atoms with Crippen molar-refractivity contribution in [3.05, 3.63) is 27.8 Å². The number of aliphatic imine (C=N–C) groups is 1. The largest absolute Gasteiger partial charge is 0.501 e. The molecule has 0 radical (unpaired) electrons. The Morgan fingerprint density at radius 2 is 2.11 bits per heavy atom. The van der Waals surface area contributed by atoms with Crippen LogP contribution in [0.1, 0.15) is 26.3 Å². The fraction of sp³-hybridized carbons (Fsp3) is 0.462. The number of phenolic OH excluding ortho intramolecular Hbond substituents is 1. The number of nitrogens with zero attached hydrogens (tertiary/aromatic N) is 3. The SMILES string of the molecule is CC(C)(C)c1cc(N2C=NCC2)c(O)c([N+](=O)[O-])c1. The summed E-state index contributed by atoms with van der Waals surface area (Å²) in [7, 11) is 0. The first-order valence-electron chi connectivity index (χ1n) is 6.09. The van der Waals surface area contributed by atoms with Gasteiger partial charge in [-0.1, -0.05) is 20.8 Å². The monoisotopic (exact) mass is 263 g/mol. The number of phenols is 1. The van der Waals surface area contributed by atoms with Gasteiger partial charge in [0.25, 0.3) is 0 Å². The van der Waals surface area contributed by atoms with E-state index in [1.54, 1.807) is 17.3 Å². The molecule has 1 aromatic rings. The van der Waals surface area contributed by atoms with Gasteiger partial charge >= 0.3 is 5.69 Å². The topological polar surface area (TPSA) is 79.0 Å². The predicted molar refractivity (Wildman–Crippen MR) is 74.2 cm³/mol. The maximum absolute atomic E-state index is 11.1. The van der Waals surface area contributed by atoms with E-state index in [1.807, 2.05) is 20.8 Å². The first-order chi connectivity index (χ1) is 8.80. The quantitative estimate of drug-likeness (QED) is 0.656. The highest BCUT2D eigenvalue weighted by Gasteiger charge is 2.26. The lowest BCUT2D eigenvalue weighted by Gasteiger charge is -2.23. The highest BCUT2D eigenvalue weighted by atomic mass is 16.6. The summed E-state index contributed by atoms with van der Waals surface area (Å²) in [5, 5.41) is 21.1. The summed E-state index contributed by atoms with van der Waals surface area (Å²) in [6, 6.07) is 3.23. The van der Waals surface area contributed by atoms with Gasteiger partial charge in [0, 0.05) is 12.6 Å². The molecule has 0 spiro atoms. The van der Waals surface area contributed by atoms with Gasteiger partial charge in [0.2, 0.25) is 5.75 Å². The lowest BCUT2D eigenvalue weighted by Crippen LogP contribution is -2.20. The highest BCUT2D eigenvalue weighted by molar-refractivity contribution is 5.86. The molecule has 0 aromatic heterocycles. The number of benzene rings is 1. The van der Waals surface area contributed by atoms with Crippen LogP contribution >= 0.6 is 0 Å². The van der Waals surface area contributed by atoms with Gasteiger partial charge in [0.05, 0.1) is 23.5 Å². The van der Waals surface area contributed by atoms with Crippen molar-refractivity contribution < 1.29 is 10.0 Å². The van der Waals surface area contributed by atoms with Crippen molar-refractivity contribution in [3.63, 3.8) is 0 Å². The van der Waals surface area contributed by atoms with Gasteiger partial charge in [-0.15, -0.1) is 0 Å². The number of anilines is 1. The number of hydrogen-bond acceptors (Lipinski definition) is 5. The zero-order chi connectivity index (χ0) is 14.2. The summed E-state index contributed by atoms with van der Waals surface area (Å²) in [5.41, 5.74) is 0.764. The first-order valence-corrected chi connectivity index (χ1v) is 6.09. The van der Waals surface area contributed by atoms with E-state index in [1.165, 1.54) is 6.07 Å². The molecular formula is C13H17N3O3. The standard InChI is InChI=1S/C13H17N3O3/c1-13(2,3)9-6-10(15-5-4-14-8-15)12(17)11(7-9)16(18)19/h6-8,17H,4-5H2,1-3H3. The maximum Gasteiger partial charge on any atom is 0.313 e. The zero-order valence-electron chi connectivity index (χ0n) is 11.3. The van der Waals surface area contributed by atoms with E-state index < -0.39 is 4.92 Å². The van der Waals surface area contributed by atoms with Gasteiger partial charge in [-0.3, -0.25) is 15.1 Å². The normalized spacial score (nSPS) is 15.0. The molecule has 6 nitrogen and oxygen atoms in total. The van der Waals surface area contributed by atoms with E-state index in [2.05, 4.69) is 4.99 Å². The van der Waals surface area contributed by atoms with Gasteiger partial charge < -0.3 is 10.0 Å². The van der Waals surface area contributed by atoms with Crippen molar-refractivity contribution in [1.82, 2.24) is 0 Å². The Morgan fingerprint density at radius 3 is 2.58 bits per heavy atom.